The molecule has 5 nitrogen and oxygen atoms in total. The summed E-state index contributed by atoms with van der Waals surface area (Å²) in [5, 5.41) is 11.1. The fourth-order valence-corrected chi connectivity index (χ4v) is 4.64. The molecule has 3 aromatic rings. The van der Waals surface area contributed by atoms with Crippen LogP contribution in [-0.2, 0) is 11.0 Å². The van der Waals surface area contributed by atoms with Crippen LogP contribution in [0, 0.1) is 13.8 Å². The van der Waals surface area contributed by atoms with Gasteiger partial charge in [-0.3, -0.25) is 0 Å². The molecule has 0 radical (unpaired) electrons. The number of thioether (sulfide) groups is 1. The van der Waals surface area contributed by atoms with Gasteiger partial charge >= 0.3 is 12.1 Å². The molecule has 0 saturated carbocycles. The molecule has 0 amide bonds. The normalized spacial score (nSPS) is 12.0. The van der Waals surface area contributed by atoms with Crippen LogP contribution in [0.2, 0.25) is 0 Å². The van der Waals surface area contributed by atoms with E-state index in [2.05, 4.69) is 4.98 Å². The molecular weight excluding hydrogens is 487 g/mol. The summed E-state index contributed by atoms with van der Waals surface area (Å²) in [5.41, 5.74) is 0.826. The van der Waals surface area contributed by atoms with Crippen molar-refractivity contribution in [1.29, 1.82) is 0 Å². The van der Waals surface area contributed by atoms with Crippen molar-refractivity contribution in [2.45, 2.75) is 43.8 Å². The lowest BCUT2D eigenvalue weighted by molar-refractivity contribution is -0.152. The predicted octanol–water partition coefficient (Wildman–Crippen LogP) is 6.86. The van der Waals surface area contributed by atoms with E-state index in [4.69, 9.17) is 9.47 Å². The van der Waals surface area contributed by atoms with E-state index in [9.17, 15) is 23.1 Å². The van der Waals surface area contributed by atoms with Gasteiger partial charge in [0.2, 0.25) is 0 Å². The number of hydrogen-bond acceptors (Lipinski definition) is 6. The topological polar surface area (TPSA) is 68.7 Å². The number of aromatic nitrogens is 1. The number of ether oxygens (including phenoxy) is 2. The van der Waals surface area contributed by atoms with E-state index in [0.717, 1.165) is 27.6 Å². The molecule has 0 saturated heterocycles. The first kappa shape index (κ1) is 25.9. The van der Waals surface area contributed by atoms with E-state index in [1.165, 1.54) is 49.1 Å². The van der Waals surface area contributed by atoms with Crippen LogP contribution in [0.4, 0.5) is 13.2 Å². The van der Waals surface area contributed by atoms with Crippen molar-refractivity contribution < 1.29 is 32.5 Å². The van der Waals surface area contributed by atoms with Gasteiger partial charge in [0.05, 0.1) is 17.9 Å². The van der Waals surface area contributed by atoms with Gasteiger partial charge < -0.3 is 14.6 Å². The molecule has 1 aromatic heterocycles. The van der Waals surface area contributed by atoms with Gasteiger partial charge in [-0.25, -0.2) is 9.78 Å². The van der Waals surface area contributed by atoms with Gasteiger partial charge in [0.1, 0.15) is 11.5 Å². The maximum Gasteiger partial charge on any atom is 0.416 e. The zero-order chi connectivity index (χ0) is 25.1. The molecule has 2 aromatic carbocycles. The molecule has 0 fully saturated rings. The van der Waals surface area contributed by atoms with Crippen LogP contribution in [0.15, 0.2) is 46.1 Å². The lowest BCUT2D eigenvalue weighted by Crippen LogP contribution is -2.38. The zero-order valence-corrected chi connectivity index (χ0v) is 20.7. The molecular formula is C24H24F3NO4S2. The highest BCUT2D eigenvalue weighted by Gasteiger charge is 2.31. The van der Waals surface area contributed by atoms with Gasteiger partial charge in [0.15, 0.2) is 9.94 Å². The summed E-state index contributed by atoms with van der Waals surface area (Å²) in [6, 6.07) is 8.54. The number of aryl methyl sites for hydroxylation is 2. The van der Waals surface area contributed by atoms with Crippen molar-refractivity contribution in [3.05, 3.63) is 58.5 Å². The summed E-state index contributed by atoms with van der Waals surface area (Å²) >= 11 is 2.92. The van der Waals surface area contributed by atoms with Gasteiger partial charge in [-0.2, -0.15) is 13.2 Å². The Bertz CT molecular complexity index is 1160. The van der Waals surface area contributed by atoms with Crippen LogP contribution >= 0.6 is 23.1 Å². The van der Waals surface area contributed by atoms with Gasteiger partial charge in [0, 0.05) is 16.7 Å². The zero-order valence-electron chi connectivity index (χ0n) is 19.0. The van der Waals surface area contributed by atoms with Crippen molar-refractivity contribution >= 4 is 29.1 Å². The summed E-state index contributed by atoms with van der Waals surface area (Å²) in [6.07, 6.45) is -4.36. The van der Waals surface area contributed by atoms with E-state index in [1.807, 2.05) is 25.3 Å². The first-order chi connectivity index (χ1) is 15.9. The molecule has 10 heteroatoms. The Morgan fingerprint density at radius 3 is 2.32 bits per heavy atom. The Morgan fingerprint density at radius 2 is 1.71 bits per heavy atom. The average molecular weight is 512 g/mol. The quantitative estimate of drug-likeness (QED) is 0.250. The Labute approximate surface area is 203 Å². The lowest BCUT2D eigenvalue weighted by atomic mass is 10.1. The van der Waals surface area contributed by atoms with Gasteiger partial charge in [-0.1, -0.05) is 23.9 Å². The third kappa shape index (κ3) is 6.44. The van der Waals surface area contributed by atoms with Gasteiger partial charge in [-0.05, 0) is 63.1 Å². The fourth-order valence-electron chi connectivity index (χ4n) is 2.91. The molecule has 0 bridgehead atoms. The molecule has 0 unspecified atom stereocenters. The molecule has 182 valence electrons. The molecule has 1 N–H and O–H groups in total. The van der Waals surface area contributed by atoms with Gasteiger partial charge in [0.25, 0.3) is 0 Å². The maximum absolute atomic E-state index is 12.7. The van der Waals surface area contributed by atoms with Crippen LogP contribution in [0.3, 0.4) is 0 Å². The van der Waals surface area contributed by atoms with Crippen LogP contribution in [0.1, 0.15) is 30.5 Å². The number of alkyl halides is 3. The second-order valence-electron chi connectivity index (χ2n) is 8.07. The number of benzene rings is 2. The van der Waals surface area contributed by atoms with E-state index < -0.39 is 23.3 Å². The minimum absolute atomic E-state index is 0.418. The van der Waals surface area contributed by atoms with Crippen LogP contribution < -0.4 is 9.47 Å². The monoisotopic (exact) mass is 511 g/mol. The Hall–Kier alpha value is -2.72. The number of carbonyl (C=O) groups is 1. The standard InChI is InChI=1S/C24H24F3NO4S2/c1-14-12-20(32-23(3,4)21(29)30)15(2)11-19(14)31-9-10-33-22-28-18(13-34-22)16-5-7-17(8-6-16)24(25,26)27/h5-8,11-13H,9-10H2,1-4H3,(H,29,30). The number of nitrogens with zero attached hydrogens (tertiary/aromatic N) is 1. The minimum Gasteiger partial charge on any atom is -0.492 e. The number of rotatable bonds is 9. The third-order valence-electron chi connectivity index (χ3n) is 4.91. The maximum atomic E-state index is 12.7. The van der Waals surface area contributed by atoms with Crippen molar-refractivity contribution in [3.8, 4) is 22.8 Å². The SMILES string of the molecule is Cc1cc(OC(C)(C)C(=O)O)c(C)cc1OCCSc1nc(-c2ccc(C(F)(F)F)cc2)cs1. The smallest absolute Gasteiger partial charge is 0.416 e. The highest BCUT2D eigenvalue weighted by Crippen LogP contribution is 2.33. The van der Waals surface area contributed by atoms with Crippen molar-refractivity contribution in [1.82, 2.24) is 4.98 Å². The van der Waals surface area contributed by atoms with Crippen LogP contribution in [0.25, 0.3) is 11.3 Å². The summed E-state index contributed by atoms with van der Waals surface area (Å²) in [5.74, 6) is 0.752. The molecule has 34 heavy (non-hydrogen) atoms. The molecule has 0 atom stereocenters. The number of aliphatic carboxylic acids is 1. The molecule has 0 aliphatic rings. The highest BCUT2D eigenvalue weighted by molar-refractivity contribution is 8.01. The molecule has 1 heterocycles. The molecule has 0 aliphatic carbocycles. The summed E-state index contributed by atoms with van der Waals surface area (Å²) < 4.78 is 50.5. The van der Waals surface area contributed by atoms with Crippen LogP contribution in [0.5, 0.6) is 11.5 Å². The summed E-state index contributed by atoms with van der Waals surface area (Å²) in [6.45, 7) is 7.09. The summed E-state index contributed by atoms with van der Waals surface area (Å²) in [7, 11) is 0. The largest absolute Gasteiger partial charge is 0.492 e. The number of thiazole rings is 1. The van der Waals surface area contributed by atoms with Crippen molar-refractivity contribution in [2.24, 2.45) is 0 Å². The first-order valence-electron chi connectivity index (χ1n) is 10.3. The second-order valence-corrected chi connectivity index (χ2v) is 10.3. The first-order valence-corrected chi connectivity index (χ1v) is 12.2. The highest BCUT2D eigenvalue weighted by atomic mass is 32.2. The average Bonchev–Trinajstić information content (AvgIpc) is 3.22. The fraction of sp³-hybridized carbons (Fsp3) is 0.333. The van der Waals surface area contributed by atoms with E-state index in [0.29, 0.717) is 35.1 Å². The molecule has 0 spiro atoms. The minimum atomic E-state index is -4.36. The Morgan fingerprint density at radius 1 is 1.09 bits per heavy atom. The third-order valence-corrected chi connectivity index (χ3v) is 6.90. The number of hydrogen-bond donors (Lipinski definition) is 1. The Kier molecular flexibility index (Phi) is 7.82. The van der Waals surface area contributed by atoms with Crippen molar-refractivity contribution in [3.63, 3.8) is 0 Å². The number of carboxylic acid groups (broad SMARTS) is 1. The second kappa shape index (κ2) is 10.3. The van der Waals surface area contributed by atoms with E-state index in [1.54, 1.807) is 6.07 Å². The predicted molar refractivity (Wildman–Crippen MR) is 127 cm³/mol. The summed E-state index contributed by atoms with van der Waals surface area (Å²) in [4.78, 5) is 15.8. The number of halogens is 3. The Balaban J connectivity index is 1.55. The van der Waals surface area contributed by atoms with E-state index in [-0.39, 0.29) is 0 Å². The van der Waals surface area contributed by atoms with Gasteiger partial charge in [-0.15, -0.1) is 11.3 Å². The molecule has 0 aliphatic heterocycles. The van der Waals surface area contributed by atoms with Crippen LogP contribution in [-0.4, -0.2) is 34.0 Å². The van der Waals surface area contributed by atoms with Crippen molar-refractivity contribution in [2.75, 3.05) is 12.4 Å². The lowest BCUT2D eigenvalue weighted by Gasteiger charge is -2.23. The van der Waals surface area contributed by atoms with E-state index >= 15 is 0 Å². The number of carboxylic acids is 1. The molecule has 3 rings (SSSR count).